The van der Waals surface area contributed by atoms with Crippen molar-refractivity contribution in [1.82, 2.24) is 14.9 Å². The van der Waals surface area contributed by atoms with E-state index in [1.54, 1.807) is 0 Å². The molecule has 3 aromatic rings. The zero-order valence-electron chi connectivity index (χ0n) is 18.8. The van der Waals surface area contributed by atoms with Crippen LogP contribution in [0.1, 0.15) is 40.5 Å². The van der Waals surface area contributed by atoms with Crippen molar-refractivity contribution in [2.75, 3.05) is 37.4 Å². The lowest BCUT2D eigenvalue weighted by Gasteiger charge is -2.32. The summed E-state index contributed by atoms with van der Waals surface area (Å²) in [5.74, 6) is 0.765. The fourth-order valence-electron chi connectivity index (χ4n) is 4.05. The molecular formula is C25H28N6O2. The highest BCUT2D eigenvalue weighted by Gasteiger charge is 2.28. The highest BCUT2D eigenvalue weighted by Crippen LogP contribution is 2.27. The van der Waals surface area contributed by atoms with Crippen LogP contribution in [0.15, 0.2) is 59.4 Å². The molecular weight excluding hydrogens is 416 g/mol. The van der Waals surface area contributed by atoms with Crippen molar-refractivity contribution < 1.29 is 4.79 Å². The molecule has 1 aliphatic heterocycles. The van der Waals surface area contributed by atoms with E-state index in [2.05, 4.69) is 15.3 Å². The third-order valence-corrected chi connectivity index (χ3v) is 5.88. The van der Waals surface area contributed by atoms with Crippen LogP contribution in [-0.4, -0.2) is 54.2 Å². The number of aromatic nitrogens is 2. The molecule has 0 bridgehead atoms. The van der Waals surface area contributed by atoms with E-state index < -0.39 is 0 Å². The molecule has 4 rings (SSSR count). The number of likely N-dealkylation sites (tertiary alicyclic amines) is 1. The molecule has 170 valence electrons. The Kier molecular flexibility index (Phi) is 6.53. The molecule has 1 aromatic heterocycles. The maximum Gasteiger partial charge on any atom is 0.261 e. The molecule has 8 nitrogen and oxygen atoms in total. The molecule has 1 aliphatic rings. The summed E-state index contributed by atoms with van der Waals surface area (Å²) in [6.07, 6.45) is 2.65. The number of anilines is 3. The lowest BCUT2D eigenvalue weighted by Crippen LogP contribution is -2.40. The van der Waals surface area contributed by atoms with Crippen molar-refractivity contribution >= 4 is 29.3 Å². The standard InChI is InChI=1S/C25H28N6O2/c1-30(2)20-12-10-17(11-13-20)25(33)31-14-6-7-18(16-31)22-28-23(21(15-26)24(32)29-22)27-19-8-4-3-5-9-19/h3-5,8-13,15,18,26H,6-7,14,16H2,1-2H3,(H2,27,28,29,32). The number of rotatable bonds is 6. The van der Waals surface area contributed by atoms with Crippen molar-refractivity contribution in [3.8, 4) is 0 Å². The van der Waals surface area contributed by atoms with E-state index in [0.717, 1.165) is 30.4 Å². The number of carbonyl (C=O) groups excluding carboxylic acids is 1. The minimum absolute atomic E-state index is 0.0221. The molecule has 1 amide bonds. The van der Waals surface area contributed by atoms with Gasteiger partial charge in [-0.15, -0.1) is 0 Å². The van der Waals surface area contributed by atoms with Crippen LogP contribution in [0.5, 0.6) is 0 Å². The number of carbonyl (C=O) groups is 1. The Morgan fingerprint density at radius 2 is 1.91 bits per heavy atom. The molecule has 3 N–H and O–H groups in total. The number of benzene rings is 2. The van der Waals surface area contributed by atoms with Gasteiger partial charge in [-0.1, -0.05) is 18.2 Å². The largest absolute Gasteiger partial charge is 0.378 e. The fraction of sp³-hybridized carbons (Fsp3) is 0.280. The van der Waals surface area contributed by atoms with Gasteiger partial charge in [0.15, 0.2) is 0 Å². The molecule has 0 radical (unpaired) electrons. The zero-order valence-corrected chi connectivity index (χ0v) is 18.8. The summed E-state index contributed by atoms with van der Waals surface area (Å²) in [7, 11) is 3.93. The van der Waals surface area contributed by atoms with Crippen LogP contribution in [0.25, 0.3) is 0 Å². The quantitative estimate of drug-likeness (QED) is 0.504. The number of para-hydroxylation sites is 1. The molecule has 0 saturated carbocycles. The lowest BCUT2D eigenvalue weighted by molar-refractivity contribution is 0.0704. The van der Waals surface area contributed by atoms with Gasteiger partial charge in [-0.3, -0.25) is 9.59 Å². The van der Waals surface area contributed by atoms with Crippen LogP contribution in [0.2, 0.25) is 0 Å². The molecule has 2 heterocycles. The second-order valence-electron chi connectivity index (χ2n) is 8.38. The number of piperidine rings is 1. The highest BCUT2D eigenvalue weighted by atomic mass is 16.2. The van der Waals surface area contributed by atoms with Gasteiger partial charge < -0.3 is 25.5 Å². The van der Waals surface area contributed by atoms with Crippen molar-refractivity contribution in [2.45, 2.75) is 18.8 Å². The van der Waals surface area contributed by atoms with E-state index in [0.29, 0.717) is 30.3 Å². The number of H-pyrrole nitrogens is 1. The number of hydrogen-bond acceptors (Lipinski definition) is 6. The summed E-state index contributed by atoms with van der Waals surface area (Å²) < 4.78 is 0. The van der Waals surface area contributed by atoms with Gasteiger partial charge in [0.1, 0.15) is 11.6 Å². The number of nitrogens with one attached hydrogen (secondary N) is 3. The van der Waals surface area contributed by atoms with Crippen LogP contribution in [-0.2, 0) is 0 Å². The molecule has 0 aliphatic carbocycles. The van der Waals surface area contributed by atoms with Gasteiger partial charge in [-0.25, -0.2) is 4.98 Å². The van der Waals surface area contributed by atoms with Crippen LogP contribution >= 0.6 is 0 Å². The van der Waals surface area contributed by atoms with E-state index in [1.165, 1.54) is 0 Å². The maximum atomic E-state index is 13.1. The smallest absolute Gasteiger partial charge is 0.261 e. The SMILES string of the molecule is CN(C)c1ccc(C(=O)N2CCCC(c3nc(Nc4ccccc4)c(C=N)c(=O)[nH]3)C2)cc1. The van der Waals surface area contributed by atoms with Gasteiger partial charge in [-0.2, -0.15) is 0 Å². The van der Waals surface area contributed by atoms with Gasteiger partial charge in [0.25, 0.3) is 11.5 Å². The summed E-state index contributed by atoms with van der Waals surface area (Å²) in [6, 6.07) is 17.0. The van der Waals surface area contributed by atoms with E-state index in [1.807, 2.05) is 78.5 Å². The Balaban J connectivity index is 1.56. The molecule has 33 heavy (non-hydrogen) atoms. The minimum atomic E-state index is -0.365. The van der Waals surface area contributed by atoms with Gasteiger partial charge in [0, 0.05) is 56.3 Å². The fourth-order valence-corrected chi connectivity index (χ4v) is 4.05. The van der Waals surface area contributed by atoms with Crippen molar-refractivity contribution in [3.05, 3.63) is 81.9 Å². The predicted molar refractivity (Wildman–Crippen MR) is 131 cm³/mol. The van der Waals surface area contributed by atoms with Crippen LogP contribution < -0.4 is 15.8 Å². The van der Waals surface area contributed by atoms with E-state index >= 15 is 0 Å². The van der Waals surface area contributed by atoms with E-state index in [9.17, 15) is 9.59 Å². The summed E-state index contributed by atoms with van der Waals surface area (Å²) in [5.41, 5.74) is 2.28. The zero-order chi connectivity index (χ0) is 23.4. The second kappa shape index (κ2) is 9.68. The van der Waals surface area contributed by atoms with E-state index in [4.69, 9.17) is 5.41 Å². The van der Waals surface area contributed by atoms with Gasteiger partial charge >= 0.3 is 0 Å². The van der Waals surface area contributed by atoms with E-state index in [-0.39, 0.29) is 22.9 Å². The molecule has 1 saturated heterocycles. The third-order valence-electron chi connectivity index (χ3n) is 5.88. The highest BCUT2D eigenvalue weighted by molar-refractivity contribution is 5.94. The molecule has 1 unspecified atom stereocenters. The lowest BCUT2D eigenvalue weighted by atomic mass is 9.96. The van der Waals surface area contributed by atoms with Crippen LogP contribution in [0.3, 0.4) is 0 Å². The summed E-state index contributed by atoms with van der Waals surface area (Å²) >= 11 is 0. The van der Waals surface area contributed by atoms with Gasteiger partial charge in [-0.05, 0) is 49.2 Å². The molecule has 1 atom stereocenters. The minimum Gasteiger partial charge on any atom is -0.378 e. The topological polar surface area (TPSA) is 105 Å². The summed E-state index contributed by atoms with van der Waals surface area (Å²) in [4.78, 5) is 37.1. The monoisotopic (exact) mass is 444 g/mol. The Morgan fingerprint density at radius 1 is 1.18 bits per heavy atom. The number of nitrogens with zero attached hydrogens (tertiary/aromatic N) is 3. The first-order chi connectivity index (χ1) is 16.0. The summed E-state index contributed by atoms with van der Waals surface area (Å²) in [6.45, 7) is 1.15. The molecule has 0 spiro atoms. The Labute approximate surface area is 192 Å². The Morgan fingerprint density at radius 3 is 2.58 bits per heavy atom. The Bertz CT molecular complexity index is 1190. The Hall–Kier alpha value is -3.94. The number of amides is 1. The first-order valence-electron chi connectivity index (χ1n) is 11.0. The average molecular weight is 445 g/mol. The average Bonchev–Trinajstić information content (AvgIpc) is 2.84. The number of aromatic amines is 1. The summed E-state index contributed by atoms with van der Waals surface area (Å²) in [5, 5.41) is 10.8. The number of hydrogen-bond donors (Lipinski definition) is 3. The van der Waals surface area contributed by atoms with Crippen LogP contribution in [0.4, 0.5) is 17.2 Å². The first kappa shape index (κ1) is 22.3. The van der Waals surface area contributed by atoms with Crippen LogP contribution in [0, 0.1) is 5.41 Å². The van der Waals surface area contributed by atoms with Gasteiger partial charge in [0.05, 0.1) is 5.56 Å². The predicted octanol–water partition coefficient (Wildman–Crippen LogP) is 3.60. The van der Waals surface area contributed by atoms with Crippen molar-refractivity contribution in [3.63, 3.8) is 0 Å². The second-order valence-corrected chi connectivity index (χ2v) is 8.38. The molecule has 2 aromatic carbocycles. The molecule has 1 fully saturated rings. The van der Waals surface area contributed by atoms with Crippen molar-refractivity contribution in [2.24, 2.45) is 0 Å². The third kappa shape index (κ3) is 4.95. The van der Waals surface area contributed by atoms with Gasteiger partial charge in [0.2, 0.25) is 0 Å². The first-order valence-corrected chi connectivity index (χ1v) is 11.0. The normalized spacial score (nSPS) is 15.7. The van der Waals surface area contributed by atoms with Crippen molar-refractivity contribution in [1.29, 1.82) is 5.41 Å². The molecule has 8 heteroatoms. The maximum absolute atomic E-state index is 13.1.